The molecule has 2 heterocycles. The molecule has 106 valence electrons. The zero-order valence-electron chi connectivity index (χ0n) is 11.3. The summed E-state index contributed by atoms with van der Waals surface area (Å²) in [4.78, 5) is 12.6. The minimum atomic E-state index is -0.0518. The van der Waals surface area contributed by atoms with E-state index in [0.717, 1.165) is 26.9 Å². The molecule has 1 aliphatic heterocycles. The highest BCUT2D eigenvalue weighted by molar-refractivity contribution is 8.25. The molecule has 1 aliphatic rings. The van der Waals surface area contributed by atoms with Gasteiger partial charge in [-0.3, -0.25) is 4.79 Å². The first-order chi connectivity index (χ1) is 10.3. The number of Topliss-reactive ketones (excluding diaryl/α,β-unsaturated/α-hetero) is 1. The van der Waals surface area contributed by atoms with Crippen molar-refractivity contribution in [2.75, 3.05) is 11.5 Å². The van der Waals surface area contributed by atoms with Gasteiger partial charge in [0.2, 0.25) is 5.78 Å². The van der Waals surface area contributed by atoms with Gasteiger partial charge in [0.15, 0.2) is 5.76 Å². The van der Waals surface area contributed by atoms with Crippen LogP contribution in [0.2, 0.25) is 0 Å². The van der Waals surface area contributed by atoms with Crippen LogP contribution < -0.4 is 0 Å². The average Bonchev–Trinajstić information content (AvgIpc) is 3.22. The summed E-state index contributed by atoms with van der Waals surface area (Å²) in [6.07, 6.45) is 5.41. The first kappa shape index (κ1) is 14.3. The largest absolute Gasteiger partial charge is 0.461 e. The molecule has 0 amide bonds. The van der Waals surface area contributed by atoms with E-state index in [4.69, 9.17) is 4.42 Å². The lowest BCUT2D eigenvalue weighted by Crippen LogP contribution is -2.01. The van der Waals surface area contributed by atoms with Crippen molar-refractivity contribution >= 4 is 35.4 Å². The van der Waals surface area contributed by atoms with Crippen molar-refractivity contribution in [1.29, 1.82) is 0 Å². The molecule has 0 saturated carbocycles. The van der Waals surface area contributed by atoms with Crippen LogP contribution in [0.4, 0.5) is 0 Å². The molecule has 2 aromatic rings. The van der Waals surface area contributed by atoms with Gasteiger partial charge in [-0.1, -0.05) is 36.4 Å². The van der Waals surface area contributed by atoms with Crippen LogP contribution in [0.25, 0.3) is 6.08 Å². The van der Waals surface area contributed by atoms with E-state index in [1.165, 1.54) is 6.26 Å². The maximum atomic E-state index is 12.6. The van der Waals surface area contributed by atoms with Gasteiger partial charge in [-0.2, -0.15) is 0 Å². The number of thioether (sulfide) groups is 2. The van der Waals surface area contributed by atoms with Gasteiger partial charge in [-0.25, -0.2) is 0 Å². The Balaban J connectivity index is 1.92. The molecule has 0 spiro atoms. The standard InChI is InChI=1S/C17H14O2S2/c18-16(15-7-4-10-19-15)14(17-20-11-12-21-17)9-8-13-5-2-1-3-6-13/h1-10H,11-12H2/b9-8+. The lowest BCUT2D eigenvalue weighted by atomic mass is 10.1. The number of rotatable bonds is 4. The fraction of sp³-hybridized carbons (Fsp3) is 0.118. The molecule has 0 atom stereocenters. The van der Waals surface area contributed by atoms with Crippen LogP contribution in [0.3, 0.4) is 0 Å². The smallest absolute Gasteiger partial charge is 0.229 e. The zero-order valence-corrected chi connectivity index (χ0v) is 13.0. The van der Waals surface area contributed by atoms with Crippen molar-refractivity contribution in [2.24, 2.45) is 0 Å². The molecule has 1 fully saturated rings. The third kappa shape index (κ3) is 3.52. The van der Waals surface area contributed by atoms with Crippen molar-refractivity contribution < 1.29 is 9.21 Å². The number of hydrogen-bond donors (Lipinski definition) is 0. The van der Waals surface area contributed by atoms with Gasteiger partial charge >= 0.3 is 0 Å². The van der Waals surface area contributed by atoms with Crippen molar-refractivity contribution in [3.8, 4) is 0 Å². The molecule has 0 unspecified atom stereocenters. The highest BCUT2D eigenvalue weighted by atomic mass is 32.2. The van der Waals surface area contributed by atoms with E-state index in [9.17, 15) is 4.79 Å². The molecule has 1 saturated heterocycles. The topological polar surface area (TPSA) is 30.2 Å². The van der Waals surface area contributed by atoms with Crippen LogP contribution in [0.15, 0.2) is 69.0 Å². The molecular formula is C17H14O2S2. The Kier molecular flexibility index (Phi) is 4.68. The summed E-state index contributed by atoms with van der Waals surface area (Å²) in [6, 6.07) is 13.4. The number of hydrogen-bond acceptors (Lipinski definition) is 4. The molecule has 0 N–H and O–H groups in total. The van der Waals surface area contributed by atoms with Gasteiger partial charge < -0.3 is 4.42 Å². The minimum absolute atomic E-state index is 0.0518. The summed E-state index contributed by atoms with van der Waals surface area (Å²) in [5.41, 5.74) is 1.80. The predicted octanol–water partition coefficient (Wildman–Crippen LogP) is 4.87. The highest BCUT2D eigenvalue weighted by Crippen LogP contribution is 2.40. The third-order valence-corrected chi connectivity index (χ3v) is 5.75. The number of ketones is 1. The van der Waals surface area contributed by atoms with Crippen LogP contribution in [-0.4, -0.2) is 17.3 Å². The first-order valence-electron chi connectivity index (χ1n) is 6.66. The Morgan fingerprint density at radius 3 is 2.48 bits per heavy atom. The van der Waals surface area contributed by atoms with Gasteiger partial charge in [0.05, 0.1) is 10.5 Å². The van der Waals surface area contributed by atoms with E-state index >= 15 is 0 Å². The maximum Gasteiger partial charge on any atom is 0.229 e. The van der Waals surface area contributed by atoms with E-state index in [1.54, 1.807) is 35.7 Å². The zero-order chi connectivity index (χ0) is 14.5. The monoisotopic (exact) mass is 314 g/mol. The summed E-state index contributed by atoms with van der Waals surface area (Å²) >= 11 is 3.48. The van der Waals surface area contributed by atoms with Gasteiger partial charge in [0.25, 0.3) is 0 Å². The number of benzene rings is 1. The second kappa shape index (κ2) is 6.87. The molecule has 0 bridgehead atoms. The SMILES string of the molecule is O=C(C(/C=C/c1ccccc1)=C1SCCS1)c1ccco1. The minimum Gasteiger partial charge on any atom is -0.461 e. The molecular weight excluding hydrogens is 300 g/mol. The summed E-state index contributed by atoms with van der Waals surface area (Å²) in [6.45, 7) is 0. The van der Waals surface area contributed by atoms with Crippen LogP contribution in [0.1, 0.15) is 16.1 Å². The summed E-state index contributed by atoms with van der Waals surface area (Å²) in [5, 5.41) is 0. The Morgan fingerprint density at radius 2 is 1.81 bits per heavy atom. The van der Waals surface area contributed by atoms with Gasteiger partial charge in [-0.05, 0) is 23.8 Å². The first-order valence-corrected chi connectivity index (χ1v) is 8.63. The lowest BCUT2D eigenvalue weighted by Gasteiger charge is -2.03. The fourth-order valence-electron chi connectivity index (χ4n) is 1.99. The molecule has 21 heavy (non-hydrogen) atoms. The maximum absolute atomic E-state index is 12.6. The molecule has 3 rings (SSSR count). The molecule has 2 nitrogen and oxygen atoms in total. The van der Waals surface area contributed by atoms with Gasteiger partial charge in [-0.15, -0.1) is 23.5 Å². The third-order valence-electron chi connectivity index (χ3n) is 3.00. The van der Waals surface area contributed by atoms with Gasteiger partial charge in [0, 0.05) is 17.1 Å². The number of furan rings is 1. The second-order valence-electron chi connectivity index (χ2n) is 4.45. The number of allylic oxidation sites excluding steroid dienone is 2. The summed E-state index contributed by atoms with van der Waals surface area (Å²) in [5.74, 6) is 2.44. The van der Waals surface area contributed by atoms with E-state index in [0.29, 0.717) is 5.76 Å². The highest BCUT2D eigenvalue weighted by Gasteiger charge is 2.20. The molecule has 1 aromatic carbocycles. The number of carbonyl (C=O) groups excluding carboxylic acids is 1. The quantitative estimate of drug-likeness (QED) is 0.595. The molecule has 4 heteroatoms. The van der Waals surface area contributed by atoms with E-state index in [2.05, 4.69) is 0 Å². The van der Waals surface area contributed by atoms with Crippen LogP contribution in [-0.2, 0) is 0 Å². The van der Waals surface area contributed by atoms with E-state index in [1.807, 2.05) is 42.5 Å². The Labute approximate surface area is 132 Å². The Morgan fingerprint density at radius 1 is 1.05 bits per heavy atom. The normalized spacial score (nSPS) is 14.8. The second-order valence-corrected chi connectivity index (χ2v) is 6.92. The molecule has 0 radical (unpaired) electrons. The lowest BCUT2D eigenvalue weighted by molar-refractivity contribution is 0.101. The van der Waals surface area contributed by atoms with Crippen LogP contribution >= 0.6 is 23.5 Å². The van der Waals surface area contributed by atoms with Crippen molar-refractivity contribution in [3.63, 3.8) is 0 Å². The van der Waals surface area contributed by atoms with E-state index < -0.39 is 0 Å². The van der Waals surface area contributed by atoms with Gasteiger partial charge in [0.1, 0.15) is 0 Å². The Hall–Kier alpha value is -1.65. The average molecular weight is 314 g/mol. The van der Waals surface area contributed by atoms with Crippen molar-refractivity contribution in [2.45, 2.75) is 0 Å². The fourth-order valence-corrected chi connectivity index (χ4v) is 4.49. The van der Waals surface area contributed by atoms with Crippen LogP contribution in [0, 0.1) is 0 Å². The van der Waals surface area contributed by atoms with E-state index in [-0.39, 0.29) is 5.78 Å². The number of carbonyl (C=O) groups is 1. The molecule has 1 aromatic heterocycles. The van der Waals surface area contributed by atoms with Crippen LogP contribution in [0.5, 0.6) is 0 Å². The van der Waals surface area contributed by atoms with Crippen molar-refractivity contribution in [3.05, 3.63) is 75.9 Å². The molecule has 0 aliphatic carbocycles. The summed E-state index contributed by atoms with van der Waals surface area (Å²) in [7, 11) is 0. The predicted molar refractivity (Wildman–Crippen MR) is 90.5 cm³/mol. The summed E-state index contributed by atoms with van der Waals surface area (Å²) < 4.78 is 6.34. The Bertz CT molecular complexity index is 662. The van der Waals surface area contributed by atoms with Crippen molar-refractivity contribution in [1.82, 2.24) is 0 Å².